The Morgan fingerprint density at radius 2 is 2.29 bits per heavy atom. The lowest BCUT2D eigenvalue weighted by molar-refractivity contribution is -0.123. The molecule has 0 radical (unpaired) electrons. The third-order valence-electron chi connectivity index (χ3n) is 2.31. The normalized spacial score (nSPS) is 11.2. The van der Waals surface area contributed by atoms with Gasteiger partial charge in [-0.25, -0.2) is 9.78 Å². The molecule has 1 rings (SSSR count). The molecule has 1 amide bonds. The van der Waals surface area contributed by atoms with Crippen molar-refractivity contribution in [2.45, 2.75) is 32.4 Å². The fraction of sp³-hybridized carbons (Fsp3) is 0.545. The lowest BCUT2D eigenvalue weighted by Gasteiger charge is -2.25. The van der Waals surface area contributed by atoms with Gasteiger partial charge in [0.1, 0.15) is 6.54 Å². The minimum absolute atomic E-state index is 0.000120. The second-order valence-electron chi connectivity index (χ2n) is 4.44. The second-order valence-corrected chi connectivity index (χ2v) is 4.44. The maximum absolute atomic E-state index is 11.7. The van der Waals surface area contributed by atoms with Gasteiger partial charge in [-0.2, -0.15) is 0 Å². The van der Waals surface area contributed by atoms with Crippen molar-refractivity contribution in [1.29, 1.82) is 0 Å². The third-order valence-corrected chi connectivity index (χ3v) is 2.31. The number of aliphatic hydroxyl groups is 1. The number of carbonyl (C=O) groups is 1. The maximum atomic E-state index is 11.7. The van der Waals surface area contributed by atoms with Crippen LogP contribution >= 0.6 is 0 Å². The Hall–Kier alpha value is -1.69. The molecular weight excluding hydrogens is 222 g/mol. The molecule has 6 nitrogen and oxygen atoms in total. The molecule has 17 heavy (non-hydrogen) atoms. The summed E-state index contributed by atoms with van der Waals surface area (Å²) in [6.45, 7) is 3.56. The first-order valence-corrected chi connectivity index (χ1v) is 5.38. The number of nitrogens with zero attached hydrogens (tertiary/aromatic N) is 2. The summed E-state index contributed by atoms with van der Waals surface area (Å²) < 4.78 is 1.23. The van der Waals surface area contributed by atoms with E-state index < -0.39 is 11.2 Å². The number of hydrogen-bond donors (Lipinski definition) is 2. The smallest absolute Gasteiger partial charge is 0.347 e. The maximum Gasteiger partial charge on any atom is 0.347 e. The molecule has 0 spiro atoms. The van der Waals surface area contributed by atoms with E-state index in [0.717, 1.165) is 0 Å². The quantitative estimate of drug-likeness (QED) is 0.727. The van der Waals surface area contributed by atoms with E-state index in [0.29, 0.717) is 6.42 Å². The van der Waals surface area contributed by atoms with Gasteiger partial charge < -0.3 is 10.4 Å². The second kappa shape index (κ2) is 5.58. The van der Waals surface area contributed by atoms with Crippen LogP contribution in [-0.4, -0.2) is 32.7 Å². The van der Waals surface area contributed by atoms with Crippen molar-refractivity contribution >= 4 is 5.91 Å². The predicted molar refractivity (Wildman–Crippen MR) is 62.4 cm³/mol. The fourth-order valence-corrected chi connectivity index (χ4v) is 1.42. The van der Waals surface area contributed by atoms with Gasteiger partial charge in [0.15, 0.2) is 0 Å². The van der Waals surface area contributed by atoms with Crippen LogP contribution in [0.5, 0.6) is 0 Å². The first kappa shape index (κ1) is 13.4. The first-order chi connectivity index (χ1) is 7.94. The summed E-state index contributed by atoms with van der Waals surface area (Å²) in [6.07, 6.45) is 3.35. The Morgan fingerprint density at radius 1 is 1.59 bits per heavy atom. The van der Waals surface area contributed by atoms with Gasteiger partial charge >= 0.3 is 5.69 Å². The van der Waals surface area contributed by atoms with E-state index >= 15 is 0 Å². The van der Waals surface area contributed by atoms with Crippen molar-refractivity contribution in [3.63, 3.8) is 0 Å². The Morgan fingerprint density at radius 3 is 2.88 bits per heavy atom. The Bertz CT molecular complexity index is 440. The van der Waals surface area contributed by atoms with E-state index in [1.807, 2.05) is 13.8 Å². The van der Waals surface area contributed by atoms with Crippen LogP contribution < -0.4 is 11.0 Å². The van der Waals surface area contributed by atoms with E-state index in [1.54, 1.807) is 6.07 Å². The molecule has 0 unspecified atom stereocenters. The average Bonchev–Trinajstić information content (AvgIpc) is 2.20. The molecule has 0 bridgehead atoms. The van der Waals surface area contributed by atoms with Crippen molar-refractivity contribution in [3.05, 3.63) is 28.9 Å². The highest BCUT2D eigenvalue weighted by Gasteiger charge is 2.19. The SMILES string of the molecule is CC(C)(CCO)NC(=O)Cn1cccnc1=O. The van der Waals surface area contributed by atoms with Gasteiger partial charge in [0.05, 0.1) is 0 Å². The van der Waals surface area contributed by atoms with Crippen LogP contribution in [0.15, 0.2) is 23.3 Å². The zero-order chi connectivity index (χ0) is 12.9. The molecule has 0 aliphatic rings. The van der Waals surface area contributed by atoms with Crippen molar-refractivity contribution in [2.75, 3.05) is 6.61 Å². The minimum Gasteiger partial charge on any atom is -0.396 e. The van der Waals surface area contributed by atoms with Gasteiger partial charge in [-0.3, -0.25) is 9.36 Å². The monoisotopic (exact) mass is 239 g/mol. The lowest BCUT2D eigenvalue weighted by atomic mass is 10.0. The number of carbonyl (C=O) groups excluding carboxylic acids is 1. The standard InChI is InChI=1S/C11H17N3O3/c1-11(2,4-7-15)13-9(16)8-14-6-3-5-12-10(14)17/h3,5-6,15H,4,7-8H2,1-2H3,(H,13,16). The number of amides is 1. The Balaban J connectivity index is 2.62. The molecule has 1 aromatic rings. The summed E-state index contributed by atoms with van der Waals surface area (Å²) in [5.74, 6) is -0.279. The number of nitrogens with one attached hydrogen (secondary N) is 1. The van der Waals surface area contributed by atoms with Gasteiger partial charge in [0.2, 0.25) is 5.91 Å². The molecule has 6 heteroatoms. The lowest BCUT2D eigenvalue weighted by Crippen LogP contribution is -2.46. The number of aromatic nitrogens is 2. The molecule has 2 N–H and O–H groups in total. The summed E-state index contributed by atoms with van der Waals surface area (Å²) in [7, 11) is 0. The molecule has 0 aromatic carbocycles. The number of aliphatic hydroxyl groups excluding tert-OH is 1. The van der Waals surface area contributed by atoms with Crippen LogP contribution in [0.1, 0.15) is 20.3 Å². The summed E-state index contributed by atoms with van der Waals surface area (Å²) in [4.78, 5) is 26.5. The molecule has 0 atom stereocenters. The zero-order valence-electron chi connectivity index (χ0n) is 10.0. The highest BCUT2D eigenvalue weighted by molar-refractivity contribution is 5.76. The molecule has 1 heterocycles. The molecule has 0 saturated heterocycles. The molecule has 0 aliphatic heterocycles. The molecule has 0 aliphatic carbocycles. The van der Waals surface area contributed by atoms with Crippen molar-refractivity contribution in [3.8, 4) is 0 Å². The molecule has 94 valence electrons. The molecule has 0 fully saturated rings. The molecule has 0 saturated carbocycles. The number of hydrogen-bond acceptors (Lipinski definition) is 4. The van der Waals surface area contributed by atoms with E-state index in [1.165, 1.54) is 17.0 Å². The van der Waals surface area contributed by atoms with Gasteiger partial charge in [-0.15, -0.1) is 0 Å². The van der Waals surface area contributed by atoms with Crippen molar-refractivity contribution < 1.29 is 9.90 Å². The van der Waals surface area contributed by atoms with Gasteiger partial charge in [-0.1, -0.05) is 0 Å². The Kier molecular flexibility index (Phi) is 4.39. The van der Waals surface area contributed by atoms with Crippen molar-refractivity contribution in [2.24, 2.45) is 0 Å². The van der Waals surface area contributed by atoms with Gasteiger partial charge in [-0.05, 0) is 26.3 Å². The zero-order valence-corrected chi connectivity index (χ0v) is 10.0. The summed E-state index contributed by atoms with van der Waals surface area (Å²) in [5, 5.41) is 11.6. The largest absolute Gasteiger partial charge is 0.396 e. The topological polar surface area (TPSA) is 84.2 Å². The summed E-state index contributed by atoms with van der Waals surface area (Å²) in [6, 6.07) is 1.59. The van der Waals surface area contributed by atoms with Crippen LogP contribution in [0.2, 0.25) is 0 Å². The fourth-order valence-electron chi connectivity index (χ4n) is 1.42. The van der Waals surface area contributed by atoms with Gasteiger partial charge in [0.25, 0.3) is 0 Å². The third kappa shape index (κ3) is 4.36. The van der Waals surface area contributed by atoms with Crippen LogP contribution in [0, 0.1) is 0 Å². The van der Waals surface area contributed by atoms with Crippen LogP contribution in [-0.2, 0) is 11.3 Å². The summed E-state index contributed by atoms with van der Waals surface area (Å²) in [5.41, 5.74) is -0.944. The minimum atomic E-state index is -0.488. The predicted octanol–water partition coefficient (Wildman–Crippen LogP) is -0.480. The van der Waals surface area contributed by atoms with Crippen LogP contribution in [0.25, 0.3) is 0 Å². The summed E-state index contributed by atoms with van der Waals surface area (Å²) >= 11 is 0. The molecular formula is C11H17N3O3. The van der Waals surface area contributed by atoms with Crippen molar-refractivity contribution in [1.82, 2.24) is 14.9 Å². The van der Waals surface area contributed by atoms with E-state index in [2.05, 4.69) is 10.3 Å². The average molecular weight is 239 g/mol. The van der Waals surface area contributed by atoms with Crippen LogP contribution in [0.3, 0.4) is 0 Å². The first-order valence-electron chi connectivity index (χ1n) is 5.38. The van der Waals surface area contributed by atoms with E-state index in [4.69, 9.17) is 5.11 Å². The number of rotatable bonds is 5. The Labute approximate surface area is 99.3 Å². The van der Waals surface area contributed by atoms with Gasteiger partial charge in [0, 0.05) is 24.5 Å². The van der Waals surface area contributed by atoms with E-state index in [9.17, 15) is 9.59 Å². The molecule has 1 aromatic heterocycles. The highest BCUT2D eigenvalue weighted by Crippen LogP contribution is 2.06. The van der Waals surface area contributed by atoms with E-state index in [-0.39, 0.29) is 19.1 Å². The van der Waals surface area contributed by atoms with Crippen LogP contribution in [0.4, 0.5) is 0 Å². The highest BCUT2D eigenvalue weighted by atomic mass is 16.3.